The smallest absolute Gasteiger partial charge is 0.272 e. The molecule has 6 nitrogen and oxygen atoms in total. The van der Waals surface area contributed by atoms with E-state index in [9.17, 15) is 18.7 Å². The van der Waals surface area contributed by atoms with E-state index >= 15 is 0 Å². The van der Waals surface area contributed by atoms with Crippen LogP contribution in [0.3, 0.4) is 0 Å². The largest absolute Gasteiger partial charge is 0.388 e. The van der Waals surface area contributed by atoms with Crippen molar-refractivity contribution in [1.29, 1.82) is 0 Å². The SMILES string of the molecule is CN1CCC(O)(CNC(=O)c2nn(-c3ccc(F)cc3F)c3c2C[C@@H]2C[C@H]32)CC1. The number of aliphatic hydroxyl groups is 1. The van der Waals surface area contributed by atoms with Gasteiger partial charge in [0, 0.05) is 37.2 Å². The standard InChI is InChI=1S/C21H24F2N4O2/c1-26-6-4-21(29,5-7-26)11-24-20(28)18-15-9-12-8-14(12)19(15)27(25-18)17-3-2-13(22)10-16(17)23/h2-3,10,12,14,29H,4-9,11H2,1H3,(H,24,28)/t12-,14-/m0/s1. The number of hydrogen-bond donors (Lipinski definition) is 2. The van der Waals surface area contributed by atoms with Gasteiger partial charge in [-0.15, -0.1) is 0 Å². The minimum Gasteiger partial charge on any atom is -0.388 e. The maximum Gasteiger partial charge on any atom is 0.272 e. The third kappa shape index (κ3) is 3.24. The Hall–Kier alpha value is -2.32. The van der Waals surface area contributed by atoms with Crippen molar-refractivity contribution >= 4 is 5.91 Å². The van der Waals surface area contributed by atoms with Crippen LogP contribution in [0.2, 0.25) is 0 Å². The van der Waals surface area contributed by atoms with Crippen LogP contribution in [-0.4, -0.2) is 58.0 Å². The van der Waals surface area contributed by atoms with Crippen LogP contribution in [0.15, 0.2) is 18.2 Å². The summed E-state index contributed by atoms with van der Waals surface area (Å²) >= 11 is 0. The lowest BCUT2D eigenvalue weighted by Crippen LogP contribution is -2.50. The summed E-state index contributed by atoms with van der Waals surface area (Å²) in [6.45, 7) is 1.73. The molecule has 8 heteroatoms. The zero-order valence-electron chi connectivity index (χ0n) is 16.3. The van der Waals surface area contributed by atoms with Crippen molar-refractivity contribution in [3.05, 3.63) is 46.8 Å². The van der Waals surface area contributed by atoms with E-state index in [-0.39, 0.29) is 29.8 Å². The molecule has 2 aromatic rings. The summed E-state index contributed by atoms with van der Waals surface area (Å²) in [5.74, 6) is -0.948. The van der Waals surface area contributed by atoms with E-state index in [2.05, 4.69) is 15.3 Å². The Balaban J connectivity index is 1.41. The summed E-state index contributed by atoms with van der Waals surface area (Å²) in [4.78, 5) is 15.0. The number of amides is 1. The van der Waals surface area contributed by atoms with Gasteiger partial charge in [0.1, 0.15) is 11.5 Å². The highest BCUT2D eigenvalue weighted by Crippen LogP contribution is 2.57. The molecule has 1 amide bonds. The van der Waals surface area contributed by atoms with E-state index < -0.39 is 17.2 Å². The second-order valence-electron chi connectivity index (χ2n) is 8.74. The predicted octanol–water partition coefficient (Wildman–Crippen LogP) is 2.00. The van der Waals surface area contributed by atoms with E-state index in [1.807, 2.05) is 7.05 Å². The molecule has 5 rings (SSSR count). The first-order valence-electron chi connectivity index (χ1n) is 10.1. The molecule has 1 saturated carbocycles. The zero-order valence-corrected chi connectivity index (χ0v) is 16.3. The molecule has 2 N–H and O–H groups in total. The quantitative estimate of drug-likeness (QED) is 0.821. The van der Waals surface area contributed by atoms with Gasteiger partial charge in [-0.25, -0.2) is 13.5 Å². The maximum absolute atomic E-state index is 14.4. The molecule has 29 heavy (non-hydrogen) atoms. The number of piperidine rings is 1. The van der Waals surface area contributed by atoms with Crippen molar-refractivity contribution in [2.75, 3.05) is 26.7 Å². The summed E-state index contributed by atoms with van der Waals surface area (Å²) in [5.41, 5.74) is 1.24. The fourth-order valence-corrected chi connectivity index (χ4v) is 4.67. The van der Waals surface area contributed by atoms with Crippen molar-refractivity contribution in [1.82, 2.24) is 20.0 Å². The molecule has 0 spiro atoms. The normalized spacial score (nSPS) is 24.8. The van der Waals surface area contributed by atoms with Crippen LogP contribution in [0.5, 0.6) is 0 Å². The average molecular weight is 402 g/mol. The first-order chi connectivity index (χ1) is 13.8. The van der Waals surface area contributed by atoms with Gasteiger partial charge in [-0.05, 0) is 50.8 Å². The Labute approximate surface area is 167 Å². The van der Waals surface area contributed by atoms with Crippen LogP contribution < -0.4 is 5.32 Å². The Bertz CT molecular complexity index is 981. The molecule has 1 saturated heterocycles. The van der Waals surface area contributed by atoms with Gasteiger partial charge in [0.15, 0.2) is 11.5 Å². The lowest BCUT2D eigenvalue weighted by atomic mass is 9.91. The lowest BCUT2D eigenvalue weighted by molar-refractivity contribution is -0.0135. The van der Waals surface area contributed by atoms with Crippen molar-refractivity contribution in [3.63, 3.8) is 0 Å². The topological polar surface area (TPSA) is 70.4 Å². The molecular formula is C21H24F2N4O2. The second-order valence-corrected chi connectivity index (χ2v) is 8.74. The fourth-order valence-electron chi connectivity index (χ4n) is 4.67. The first-order valence-corrected chi connectivity index (χ1v) is 10.1. The van der Waals surface area contributed by atoms with Crippen LogP contribution in [0.25, 0.3) is 5.69 Å². The van der Waals surface area contributed by atoms with Gasteiger partial charge in [-0.2, -0.15) is 5.10 Å². The number of benzene rings is 1. The molecule has 0 bridgehead atoms. The van der Waals surface area contributed by atoms with E-state index in [0.717, 1.165) is 43.3 Å². The summed E-state index contributed by atoms with van der Waals surface area (Å²) in [6, 6.07) is 3.38. The highest BCUT2D eigenvalue weighted by molar-refractivity contribution is 5.94. The van der Waals surface area contributed by atoms with E-state index in [0.29, 0.717) is 18.8 Å². The Morgan fingerprint density at radius 1 is 1.34 bits per heavy atom. The number of fused-ring (bicyclic) bond motifs is 3. The minimum absolute atomic E-state index is 0.156. The summed E-state index contributed by atoms with van der Waals surface area (Å²) in [5, 5.41) is 18.0. The van der Waals surface area contributed by atoms with Gasteiger partial charge in [-0.3, -0.25) is 4.79 Å². The molecule has 0 radical (unpaired) electrons. The van der Waals surface area contributed by atoms with Crippen molar-refractivity contribution < 1.29 is 18.7 Å². The molecular weight excluding hydrogens is 378 g/mol. The Morgan fingerprint density at radius 2 is 2.10 bits per heavy atom. The van der Waals surface area contributed by atoms with Gasteiger partial charge < -0.3 is 15.3 Å². The monoisotopic (exact) mass is 402 g/mol. The lowest BCUT2D eigenvalue weighted by Gasteiger charge is -2.36. The molecule has 3 aliphatic rings. The number of nitrogens with one attached hydrogen (secondary N) is 1. The third-order valence-electron chi connectivity index (χ3n) is 6.61. The van der Waals surface area contributed by atoms with Gasteiger partial charge in [0.05, 0.1) is 11.3 Å². The van der Waals surface area contributed by atoms with Gasteiger partial charge in [0.2, 0.25) is 0 Å². The van der Waals surface area contributed by atoms with Crippen molar-refractivity contribution in [2.45, 2.75) is 37.2 Å². The maximum atomic E-state index is 14.4. The van der Waals surface area contributed by atoms with Crippen LogP contribution in [0.1, 0.15) is 46.9 Å². The number of hydrogen-bond acceptors (Lipinski definition) is 4. The van der Waals surface area contributed by atoms with Crippen molar-refractivity contribution in [3.8, 4) is 5.69 Å². The number of carbonyl (C=O) groups is 1. The number of nitrogens with zero attached hydrogens (tertiary/aromatic N) is 3. The molecule has 2 fully saturated rings. The number of likely N-dealkylation sites (tertiary alicyclic amines) is 1. The summed E-state index contributed by atoms with van der Waals surface area (Å²) in [6.07, 6.45) is 2.96. The molecule has 2 aliphatic carbocycles. The molecule has 1 aliphatic heterocycles. The molecule has 1 aromatic heterocycles. The van der Waals surface area contributed by atoms with Gasteiger partial charge >= 0.3 is 0 Å². The Kier molecular flexibility index (Phi) is 4.25. The average Bonchev–Trinajstić information content (AvgIpc) is 3.19. The van der Waals surface area contributed by atoms with Crippen LogP contribution in [0.4, 0.5) is 8.78 Å². The van der Waals surface area contributed by atoms with Gasteiger partial charge in [-0.1, -0.05) is 0 Å². The fraction of sp³-hybridized carbons (Fsp3) is 0.524. The summed E-state index contributed by atoms with van der Waals surface area (Å²) in [7, 11) is 2.01. The molecule has 0 unspecified atom stereocenters. The zero-order chi connectivity index (χ0) is 20.3. The number of aromatic nitrogens is 2. The molecule has 154 valence electrons. The summed E-state index contributed by atoms with van der Waals surface area (Å²) < 4.78 is 29.2. The Morgan fingerprint density at radius 3 is 2.83 bits per heavy atom. The van der Waals surface area contributed by atoms with E-state index in [1.54, 1.807) is 0 Å². The molecule has 2 atom stereocenters. The molecule has 2 heterocycles. The van der Waals surface area contributed by atoms with Crippen LogP contribution in [0, 0.1) is 17.6 Å². The minimum atomic E-state index is -0.918. The van der Waals surface area contributed by atoms with E-state index in [1.165, 1.54) is 16.8 Å². The highest BCUT2D eigenvalue weighted by Gasteiger charge is 2.50. The third-order valence-corrected chi connectivity index (χ3v) is 6.61. The number of halogens is 2. The van der Waals surface area contributed by atoms with Crippen LogP contribution >= 0.6 is 0 Å². The first kappa shape index (κ1) is 18.7. The van der Waals surface area contributed by atoms with Crippen molar-refractivity contribution in [2.24, 2.45) is 5.92 Å². The van der Waals surface area contributed by atoms with Crippen LogP contribution in [-0.2, 0) is 6.42 Å². The molecule has 1 aromatic carbocycles. The van der Waals surface area contributed by atoms with Gasteiger partial charge in [0.25, 0.3) is 5.91 Å². The highest BCUT2D eigenvalue weighted by atomic mass is 19.1. The predicted molar refractivity (Wildman–Crippen MR) is 102 cm³/mol. The van der Waals surface area contributed by atoms with E-state index in [4.69, 9.17) is 0 Å². The second kappa shape index (κ2) is 6.60. The number of rotatable bonds is 4. The number of carbonyl (C=O) groups excluding carboxylic acids is 1.